The first kappa shape index (κ1) is 12.3. The number of halogens is 1. The van der Waals surface area contributed by atoms with Crippen LogP contribution in [0.25, 0.3) is 16.6 Å². The zero-order chi connectivity index (χ0) is 13.4. The van der Waals surface area contributed by atoms with Crippen molar-refractivity contribution < 1.29 is 0 Å². The first-order chi connectivity index (χ1) is 9.18. The summed E-state index contributed by atoms with van der Waals surface area (Å²) in [4.78, 5) is 15.7. The van der Waals surface area contributed by atoms with Gasteiger partial charge in [0, 0.05) is 4.47 Å². The average Bonchev–Trinajstić information content (AvgIpc) is 2.39. The van der Waals surface area contributed by atoms with E-state index in [9.17, 15) is 4.79 Å². The van der Waals surface area contributed by atoms with Crippen LogP contribution in [0.3, 0.4) is 0 Å². The van der Waals surface area contributed by atoms with E-state index in [1.807, 2.05) is 48.5 Å². The second-order valence-corrected chi connectivity index (χ2v) is 5.31. The Bertz CT molecular complexity index is 868. The number of rotatable bonds is 1. The molecule has 0 spiro atoms. The van der Waals surface area contributed by atoms with Crippen molar-refractivity contribution in [3.05, 3.63) is 68.1 Å². The minimum absolute atomic E-state index is 0.127. The van der Waals surface area contributed by atoms with Gasteiger partial charge in [-0.25, -0.2) is 0 Å². The zero-order valence-corrected chi connectivity index (χ0v) is 12.2. The van der Waals surface area contributed by atoms with Crippen LogP contribution in [-0.4, -0.2) is 9.55 Å². The topological polar surface area (TPSA) is 37.8 Å². The molecule has 3 rings (SSSR count). The number of H-pyrrole nitrogens is 1. The standard InChI is InChI=1S/C14H9BrN2OS/c15-10-7-4-8-11-12(10)13(18)17(14(19)16-11)9-5-2-1-3-6-9/h1-8H,(H,16,19). The molecule has 0 aliphatic carbocycles. The Morgan fingerprint density at radius 2 is 1.79 bits per heavy atom. The lowest BCUT2D eigenvalue weighted by Gasteiger charge is -2.08. The van der Waals surface area contributed by atoms with Crippen molar-refractivity contribution in [3.63, 3.8) is 0 Å². The summed E-state index contributed by atoms with van der Waals surface area (Å²) in [5.74, 6) is 0. The van der Waals surface area contributed by atoms with E-state index in [-0.39, 0.29) is 5.56 Å². The molecule has 0 aliphatic heterocycles. The molecule has 1 aromatic heterocycles. The smallest absolute Gasteiger partial charge is 0.267 e. The lowest BCUT2D eigenvalue weighted by Crippen LogP contribution is -2.20. The fourth-order valence-corrected chi connectivity index (χ4v) is 2.87. The molecule has 5 heteroatoms. The van der Waals surface area contributed by atoms with Gasteiger partial charge < -0.3 is 4.98 Å². The second-order valence-electron chi connectivity index (χ2n) is 4.07. The molecular weight excluding hydrogens is 324 g/mol. The molecule has 0 aliphatic rings. The van der Waals surface area contributed by atoms with Crippen LogP contribution in [0.5, 0.6) is 0 Å². The predicted octanol–water partition coefficient (Wildman–Crippen LogP) is 3.81. The maximum Gasteiger partial charge on any atom is 0.267 e. The van der Waals surface area contributed by atoms with Crippen molar-refractivity contribution in [2.75, 3.05) is 0 Å². The Morgan fingerprint density at radius 3 is 2.53 bits per heavy atom. The van der Waals surface area contributed by atoms with E-state index in [0.29, 0.717) is 10.2 Å². The van der Waals surface area contributed by atoms with Gasteiger partial charge in [-0.3, -0.25) is 9.36 Å². The van der Waals surface area contributed by atoms with Crippen molar-refractivity contribution >= 4 is 39.1 Å². The number of fused-ring (bicyclic) bond motifs is 1. The second kappa shape index (κ2) is 4.75. The molecule has 19 heavy (non-hydrogen) atoms. The summed E-state index contributed by atoms with van der Waals surface area (Å²) in [6, 6.07) is 14.9. The monoisotopic (exact) mass is 332 g/mol. The van der Waals surface area contributed by atoms with Crippen LogP contribution in [0.1, 0.15) is 0 Å². The maximum absolute atomic E-state index is 12.6. The number of hydrogen-bond acceptors (Lipinski definition) is 2. The van der Waals surface area contributed by atoms with Crippen LogP contribution >= 0.6 is 28.1 Å². The number of aromatic amines is 1. The Hall–Kier alpha value is -1.72. The normalized spacial score (nSPS) is 10.8. The number of para-hydroxylation sites is 1. The van der Waals surface area contributed by atoms with Crippen molar-refractivity contribution in [2.24, 2.45) is 0 Å². The van der Waals surface area contributed by atoms with Crippen LogP contribution in [0, 0.1) is 4.77 Å². The zero-order valence-electron chi connectivity index (χ0n) is 9.76. The quantitative estimate of drug-likeness (QED) is 0.688. The summed E-state index contributed by atoms with van der Waals surface area (Å²) in [6.07, 6.45) is 0. The third-order valence-electron chi connectivity index (χ3n) is 2.89. The highest BCUT2D eigenvalue weighted by molar-refractivity contribution is 9.10. The summed E-state index contributed by atoms with van der Waals surface area (Å²) in [7, 11) is 0. The summed E-state index contributed by atoms with van der Waals surface area (Å²) >= 11 is 8.70. The molecule has 0 atom stereocenters. The van der Waals surface area contributed by atoms with E-state index in [1.54, 1.807) is 0 Å². The molecular formula is C14H9BrN2OS. The van der Waals surface area contributed by atoms with Gasteiger partial charge >= 0.3 is 0 Å². The van der Waals surface area contributed by atoms with Crippen LogP contribution in [-0.2, 0) is 0 Å². The number of hydrogen-bond donors (Lipinski definition) is 1. The molecule has 1 N–H and O–H groups in total. The first-order valence-electron chi connectivity index (χ1n) is 5.67. The molecule has 0 bridgehead atoms. The van der Waals surface area contributed by atoms with Gasteiger partial charge in [-0.1, -0.05) is 24.3 Å². The molecule has 0 unspecified atom stereocenters. The number of nitrogens with zero attached hydrogens (tertiary/aromatic N) is 1. The van der Waals surface area contributed by atoms with E-state index in [4.69, 9.17) is 12.2 Å². The van der Waals surface area contributed by atoms with Crippen LogP contribution in [0.15, 0.2) is 57.8 Å². The molecule has 2 aromatic carbocycles. The molecule has 1 heterocycles. The lowest BCUT2D eigenvalue weighted by atomic mass is 10.2. The molecule has 3 nitrogen and oxygen atoms in total. The van der Waals surface area contributed by atoms with E-state index in [1.165, 1.54) is 4.57 Å². The highest BCUT2D eigenvalue weighted by atomic mass is 79.9. The largest absolute Gasteiger partial charge is 0.331 e. The molecule has 94 valence electrons. The molecule has 0 saturated carbocycles. The highest BCUT2D eigenvalue weighted by Gasteiger charge is 2.09. The van der Waals surface area contributed by atoms with Crippen molar-refractivity contribution in [1.82, 2.24) is 9.55 Å². The summed E-state index contributed by atoms with van der Waals surface area (Å²) in [6.45, 7) is 0. The van der Waals surface area contributed by atoms with Gasteiger partial charge in [0.05, 0.1) is 16.6 Å². The van der Waals surface area contributed by atoms with E-state index >= 15 is 0 Å². The average molecular weight is 333 g/mol. The number of benzene rings is 2. The predicted molar refractivity (Wildman–Crippen MR) is 82.4 cm³/mol. The van der Waals surface area contributed by atoms with E-state index in [2.05, 4.69) is 20.9 Å². The molecule has 0 saturated heterocycles. The van der Waals surface area contributed by atoms with E-state index < -0.39 is 0 Å². The van der Waals surface area contributed by atoms with Crippen LogP contribution in [0.2, 0.25) is 0 Å². The Morgan fingerprint density at radius 1 is 1.05 bits per heavy atom. The molecule has 0 amide bonds. The van der Waals surface area contributed by atoms with Gasteiger partial charge in [-0.05, 0) is 52.4 Å². The minimum Gasteiger partial charge on any atom is -0.331 e. The first-order valence-corrected chi connectivity index (χ1v) is 6.87. The SMILES string of the molecule is O=c1c2c(Br)cccc2[nH]c(=S)n1-c1ccccc1. The van der Waals surface area contributed by atoms with Crippen molar-refractivity contribution in [2.45, 2.75) is 0 Å². The third kappa shape index (κ3) is 2.05. The molecule has 0 radical (unpaired) electrons. The maximum atomic E-state index is 12.6. The Kier molecular flexibility index (Phi) is 3.08. The van der Waals surface area contributed by atoms with Gasteiger partial charge in [-0.2, -0.15) is 0 Å². The Balaban J connectivity index is 2.49. The fourth-order valence-electron chi connectivity index (χ4n) is 2.03. The van der Waals surface area contributed by atoms with Crippen molar-refractivity contribution in [3.8, 4) is 5.69 Å². The van der Waals surface area contributed by atoms with Crippen LogP contribution in [0.4, 0.5) is 0 Å². The number of nitrogens with one attached hydrogen (secondary N) is 1. The third-order valence-corrected chi connectivity index (χ3v) is 3.84. The van der Waals surface area contributed by atoms with Gasteiger partial charge in [-0.15, -0.1) is 0 Å². The van der Waals surface area contributed by atoms with E-state index in [0.717, 1.165) is 15.7 Å². The lowest BCUT2D eigenvalue weighted by molar-refractivity contribution is 0.939. The van der Waals surface area contributed by atoms with Gasteiger partial charge in [0.15, 0.2) is 4.77 Å². The summed E-state index contributed by atoms with van der Waals surface area (Å²) in [5.41, 5.74) is 1.36. The summed E-state index contributed by atoms with van der Waals surface area (Å²) in [5, 5.41) is 0.597. The molecule has 3 aromatic rings. The minimum atomic E-state index is -0.127. The Labute approximate surface area is 122 Å². The van der Waals surface area contributed by atoms with Crippen molar-refractivity contribution in [1.29, 1.82) is 0 Å². The number of aromatic nitrogens is 2. The fraction of sp³-hybridized carbons (Fsp3) is 0. The van der Waals surface area contributed by atoms with Crippen LogP contribution < -0.4 is 5.56 Å². The molecule has 0 fully saturated rings. The highest BCUT2D eigenvalue weighted by Crippen LogP contribution is 2.19. The summed E-state index contributed by atoms with van der Waals surface area (Å²) < 4.78 is 2.65. The van der Waals surface area contributed by atoms with Gasteiger partial charge in [0.1, 0.15) is 0 Å². The van der Waals surface area contributed by atoms with Gasteiger partial charge in [0.2, 0.25) is 0 Å². The van der Waals surface area contributed by atoms with Gasteiger partial charge in [0.25, 0.3) is 5.56 Å².